The van der Waals surface area contributed by atoms with Crippen LogP contribution in [0.1, 0.15) is 24.5 Å². The first kappa shape index (κ1) is 13.8. The second kappa shape index (κ2) is 7.93. The minimum absolute atomic E-state index is 0.965. The SMILES string of the molecule is C=Cc1ccc(CSC(=S)SCCC)cc1. The van der Waals surface area contributed by atoms with Crippen LogP contribution in [0.25, 0.3) is 6.08 Å². The third-order valence-electron chi connectivity index (χ3n) is 2.00. The van der Waals surface area contributed by atoms with Crippen molar-refractivity contribution in [3.05, 3.63) is 42.0 Å². The van der Waals surface area contributed by atoms with E-state index in [1.54, 1.807) is 23.5 Å². The minimum atomic E-state index is 0.965. The van der Waals surface area contributed by atoms with E-state index in [2.05, 4.69) is 37.8 Å². The molecule has 0 fully saturated rings. The number of rotatable bonds is 5. The molecule has 1 aromatic rings. The fraction of sp³-hybridized carbons (Fsp3) is 0.308. The molecule has 0 aliphatic carbocycles. The van der Waals surface area contributed by atoms with Gasteiger partial charge in [-0.25, -0.2) is 0 Å². The number of hydrogen-bond donors (Lipinski definition) is 0. The van der Waals surface area contributed by atoms with Crippen molar-refractivity contribution in [2.75, 3.05) is 5.75 Å². The highest BCUT2D eigenvalue weighted by molar-refractivity contribution is 8.46. The number of benzene rings is 1. The maximum Gasteiger partial charge on any atom is 0.104 e. The third-order valence-corrected chi connectivity index (χ3v) is 4.97. The second-order valence-electron chi connectivity index (χ2n) is 3.33. The van der Waals surface area contributed by atoms with Gasteiger partial charge in [-0.3, -0.25) is 0 Å². The van der Waals surface area contributed by atoms with Gasteiger partial charge < -0.3 is 0 Å². The molecule has 0 radical (unpaired) electrons. The minimum Gasteiger partial charge on any atom is -0.108 e. The molecule has 0 atom stereocenters. The third kappa shape index (κ3) is 5.19. The summed E-state index contributed by atoms with van der Waals surface area (Å²) in [6.45, 7) is 5.91. The van der Waals surface area contributed by atoms with Crippen LogP contribution < -0.4 is 0 Å². The van der Waals surface area contributed by atoms with Crippen molar-refractivity contribution in [1.82, 2.24) is 0 Å². The van der Waals surface area contributed by atoms with Crippen LogP contribution in [-0.4, -0.2) is 9.28 Å². The summed E-state index contributed by atoms with van der Waals surface area (Å²) in [7, 11) is 0. The Kier molecular flexibility index (Phi) is 6.85. The molecule has 16 heavy (non-hydrogen) atoms. The Hall–Kier alpha value is -0.250. The monoisotopic (exact) mass is 268 g/mol. The van der Waals surface area contributed by atoms with E-state index in [0.29, 0.717) is 0 Å². The van der Waals surface area contributed by atoms with Gasteiger partial charge >= 0.3 is 0 Å². The Labute approximate surface area is 112 Å². The molecule has 0 nitrogen and oxygen atoms in total. The lowest BCUT2D eigenvalue weighted by molar-refractivity contribution is 1.11. The first-order chi connectivity index (χ1) is 7.76. The highest BCUT2D eigenvalue weighted by atomic mass is 32.2. The number of hydrogen-bond acceptors (Lipinski definition) is 3. The van der Waals surface area contributed by atoms with E-state index in [-0.39, 0.29) is 0 Å². The molecule has 0 saturated heterocycles. The lowest BCUT2D eigenvalue weighted by Gasteiger charge is -2.03. The summed E-state index contributed by atoms with van der Waals surface area (Å²) >= 11 is 8.81. The van der Waals surface area contributed by atoms with E-state index in [1.807, 2.05) is 6.08 Å². The Morgan fingerprint density at radius 2 is 2.00 bits per heavy atom. The van der Waals surface area contributed by atoms with Crippen molar-refractivity contribution in [1.29, 1.82) is 0 Å². The molecule has 0 N–H and O–H groups in total. The van der Waals surface area contributed by atoms with Crippen molar-refractivity contribution >= 4 is 45.3 Å². The quantitative estimate of drug-likeness (QED) is 0.690. The highest BCUT2D eigenvalue weighted by Crippen LogP contribution is 2.22. The zero-order valence-corrected chi connectivity index (χ0v) is 11.9. The first-order valence-corrected chi connectivity index (χ1v) is 7.65. The topological polar surface area (TPSA) is 0 Å². The summed E-state index contributed by atoms with van der Waals surface area (Å²) in [4.78, 5) is 0. The van der Waals surface area contributed by atoms with Gasteiger partial charge in [-0.1, -0.05) is 56.1 Å². The Morgan fingerprint density at radius 1 is 1.31 bits per heavy atom. The van der Waals surface area contributed by atoms with Crippen LogP contribution in [0.2, 0.25) is 0 Å². The van der Waals surface area contributed by atoms with Crippen LogP contribution in [0, 0.1) is 0 Å². The van der Waals surface area contributed by atoms with E-state index in [1.165, 1.54) is 12.0 Å². The molecule has 86 valence electrons. The molecule has 0 saturated carbocycles. The number of thioether (sulfide) groups is 2. The molecular formula is C13H16S3. The maximum atomic E-state index is 5.28. The van der Waals surface area contributed by atoms with Gasteiger partial charge in [0.1, 0.15) is 3.53 Å². The summed E-state index contributed by atoms with van der Waals surface area (Å²) in [6, 6.07) is 8.45. The van der Waals surface area contributed by atoms with Gasteiger partial charge in [-0.05, 0) is 23.3 Å². The predicted molar refractivity (Wildman–Crippen MR) is 83.2 cm³/mol. The van der Waals surface area contributed by atoms with Crippen LogP contribution in [0.5, 0.6) is 0 Å². The van der Waals surface area contributed by atoms with Gasteiger partial charge in [0, 0.05) is 5.75 Å². The first-order valence-electron chi connectivity index (χ1n) is 5.27. The van der Waals surface area contributed by atoms with Gasteiger partial charge in [-0.2, -0.15) is 0 Å². The van der Waals surface area contributed by atoms with Crippen LogP contribution in [0.3, 0.4) is 0 Å². The molecule has 1 aromatic carbocycles. The Bertz CT molecular complexity index is 341. The molecule has 0 heterocycles. The van der Waals surface area contributed by atoms with E-state index in [4.69, 9.17) is 12.2 Å². The van der Waals surface area contributed by atoms with Crippen LogP contribution in [0.4, 0.5) is 0 Å². The summed E-state index contributed by atoms with van der Waals surface area (Å²) in [6.07, 6.45) is 3.04. The van der Waals surface area contributed by atoms with Crippen LogP contribution in [-0.2, 0) is 5.75 Å². The second-order valence-corrected chi connectivity index (χ2v) is 6.61. The summed E-state index contributed by atoms with van der Waals surface area (Å²) in [5.41, 5.74) is 2.48. The van der Waals surface area contributed by atoms with Crippen LogP contribution in [0.15, 0.2) is 30.8 Å². The zero-order chi connectivity index (χ0) is 11.8. The lowest BCUT2D eigenvalue weighted by Crippen LogP contribution is -1.86. The van der Waals surface area contributed by atoms with E-state index >= 15 is 0 Å². The van der Waals surface area contributed by atoms with Gasteiger partial charge in [0.25, 0.3) is 0 Å². The van der Waals surface area contributed by atoms with E-state index in [9.17, 15) is 0 Å². The van der Waals surface area contributed by atoms with Crippen molar-refractivity contribution in [3.63, 3.8) is 0 Å². The molecular weight excluding hydrogens is 252 g/mol. The summed E-state index contributed by atoms with van der Waals surface area (Å²) < 4.78 is 1.05. The predicted octanol–water partition coefficient (Wildman–Crippen LogP) is 4.99. The zero-order valence-electron chi connectivity index (χ0n) is 9.44. The standard InChI is InChI=1S/C13H16S3/c1-3-9-15-13(14)16-10-12-7-5-11(4-2)6-8-12/h4-8H,2-3,9-10H2,1H3. The summed E-state index contributed by atoms with van der Waals surface area (Å²) in [5.74, 6) is 2.09. The van der Waals surface area contributed by atoms with Crippen molar-refractivity contribution in [2.24, 2.45) is 0 Å². The van der Waals surface area contributed by atoms with Gasteiger partial charge in [0.2, 0.25) is 0 Å². The average molecular weight is 268 g/mol. The smallest absolute Gasteiger partial charge is 0.104 e. The van der Waals surface area contributed by atoms with Crippen molar-refractivity contribution in [2.45, 2.75) is 19.1 Å². The van der Waals surface area contributed by atoms with E-state index in [0.717, 1.165) is 20.6 Å². The van der Waals surface area contributed by atoms with Crippen LogP contribution >= 0.6 is 35.7 Å². The maximum absolute atomic E-state index is 5.28. The lowest BCUT2D eigenvalue weighted by atomic mass is 10.1. The molecule has 0 unspecified atom stereocenters. The fourth-order valence-electron chi connectivity index (χ4n) is 1.12. The Morgan fingerprint density at radius 3 is 2.56 bits per heavy atom. The normalized spacial score (nSPS) is 10.1. The molecule has 0 aliphatic rings. The molecule has 0 spiro atoms. The average Bonchev–Trinajstić information content (AvgIpc) is 2.34. The molecule has 0 aromatic heterocycles. The van der Waals surface area contributed by atoms with Gasteiger partial charge in [-0.15, -0.1) is 23.5 Å². The van der Waals surface area contributed by atoms with Gasteiger partial charge in [0.05, 0.1) is 0 Å². The number of thiocarbonyl (C=S) groups is 1. The highest BCUT2D eigenvalue weighted by Gasteiger charge is 1.99. The molecule has 0 bridgehead atoms. The molecule has 3 heteroatoms. The largest absolute Gasteiger partial charge is 0.108 e. The van der Waals surface area contributed by atoms with E-state index < -0.39 is 0 Å². The molecule has 0 amide bonds. The summed E-state index contributed by atoms with van der Waals surface area (Å²) in [5, 5.41) is 0. The molecule has 0 aliphatic heterocycles. The fourth-order valence-corrected chi connectivity index (χ4v) is 3.15. The molecule has 1 rings (SSSR count). The van der Waals surface area contributed by atoms with Crippen molar-refractivity contribution in [3.8, 4) is 0 Å². The Balaban J connectivity index is 2.36. The van der Waals surface area contributed by atoms with Crippen molar-refractivity contribution < 1.29 is 0 Å². The van der Waals surface area contributed by atoms with Gasteiger partial charge in [0.15, 0.2) is 0 Å².